The number of aliphatic hydroxyl groups excluding tert-OH is 1. The average Bonchev–Trinajstić information content (AvgIpc) is 3.33. The minimum absolute atomic E-state index is 0.0150. The van der Waals surface area contributed by atoms with E-state index in [1.54, 1.807) is 10.9 Å². The number of rotatable bonds is 19. The first-order valence-corrected chi connectivity index (χ1v) is 13.9. The highest BCUT2D eigenvalue weighted by Gasteiger charge is 2.21. The van der Waals surface area contributed by atoms with E-state index >= 15 is 0 Å². The van der Waals surface area contributed by atoms with E-state index in [1.807, 2.05) is 4.90 Å². The lowest BCUT2D eigenvalue weighted by Crippen LogP contribution is -2.35. The van der Waals surface area contributed by atoms with Gasteiger partial charge < -0.3 is 21.1 Å². The molecular formula is C26H48N6O3. The van der Waals surface area contributed by atoms with Crippen LogP contribution in [0, 0.1) is 0 Å². The van der Waals surface area contributed by atoms with Gasteiger partial charge in [-0.2, -0.15) is 0 Å². The van der Waals surface area contributed by atoms with Crippen LogP contribution in [0.5, 0.6) is 0 Å². The summed E-state index contributed by atoms with van der Waals surface area (Å²) in [5, 5.41) is 20.3. The van der Waals surface area contributed by atoms with Crippen LogP contribution in [0.3, 0.4) is 0 Å². The summed E-state index contributed by atoms with van der Waals surface area (Å²) in [7, 11) is 0. The van der Waals surface area contributed by atoms with Crippen LogP contribution < -0.4 is 11.1 Å². The number of aromatic nitrogens is 3. The number of hydrogen-bond donors (Lipinski definition) is 3. The monoisotopic (exact) mass is 492 g/mol. The minimum atomic E-state index is -0.386. The SMILES string of the molecule is NCCCC[C@@H](C(=O)NCCCCCCCCCCC(=O)N1CCCCC1)n1cc(CCO)nn1. The summed E-state index contributed by atoms with van der Waals surface area (Å²) in [6.07, 6.45) is 17.9. The molecule has 2 amide bonds. The molecular weight excluding hydrogens is 444 g/mol. The third kappa shape index (κ3) is 12.0. The largest absolute Gasteiger partial charge is 0.396 e. The van der Waals surface area contributed by atoms with Crippen LogP contribution in [0.15, 0.2) is 6.20 Å². The Morgan fingerprint density at radius 1 is 0.971 bits per heavy atom. The number of aliphatic hydroxyl groups is 1. The molecule has 0 unspecified atom stereocenters. The predicted octanol–water partition coefficient (Wildman–Crippen LogP) is 3.12. The molecule has 0 radical (unpaired) electrons. The number of carbonyl (C=O) groups is 2. The van der Waals surface area contributed by atoms with Crippen LogP contribution in [0.1, 0.15) is 108 Å². The van der Waals surface area contributed by atoms with Crippen molar-refractivity contribution in [1.29, 1.82) is 0 Å². The van der Waals surface area contributed by atoms with Crippen molar-refractivity contribution < 1.29 is 14.7 Å². The molecule has 0 saturated carbocycles. The van der Waals surface area contributed by atoms with E-state index < -0.39 is 0 Å². The fourth-order valence-electron chi connectivity index (χ4n) is 4.65. The molecule has 1 fully saturated rings. The van der Waals surface area contributed by atoms with Gasteiger partial charge in [-0.3, -0.25) is 9.59 Å². The Balaban J connectivity index is 1.51. The van der Waals surface area contributed by atoms with Crippen LogP contribution in [0.25, 0.3) is 0 Å². The Labute approximate surface area is 211 Å². The van der Waals surface area contributed by atoms with Crippen LogP contribution in [0.4, 0.5) is 0 Å². The van der Waals surface area contributed by atoms with Crippen LogP contribution in [-0.2, 0) is 16.0 Å². The summed E-state index contributed by atoms with van der Waals surface area (Å²) in [5.74, 6) is 0.323. The van der Waals surface area contributed by atoms with Crippen molar-refractivity contribution in [2.24, 2.45) is 5.73 Å². The van der Waals surface area contributed by atoms with Gasteiger partial charge in [0.05, 0.1) is 5.69 Å². The molecule has 2 heterocycles. The number of hydrogen-bond acceptors (Lipinski definition) is 6. The molecule has 200 valence electrons. The molecule has 35 heavy (non-hydrogen) atoms. The molecule has 0 aromatic carbocycles. The second-order valence-electron chi connectivity index (χ2n) is 9.77. The molecule has 1 atom stereocenters. The van der Waals surface area contributed by atoms with E-state index in [1.165, 1.54) is 44.9 Å². The maximum Gasteiger partial charge on any atom is 0.244 e. The lowest BCUT2D eigenvalue weighted by molar-refractivity contribution is -0.132. The summed E-state index contributed by atoms with van der Waals surface area (Å²) < 4.78 is 1.62. The van der Waals surface area contributed by atoms with Crippen LogP contribution in [-0.4, -0.2) is 69.6 Å². The zero-order valence-electron chi connectivity index (χ0n) is 21.6. The topological polar surface area (TPSA) is 126 Å². The van der Waals surface area contributed by atoms with Crippen molar-refractivity contribution >= 4 is 11.8 Å². The lowest BCUT2D eigenvalue weighted by atomic mass is 10.1. The first kappa shape index (κ1) is 29.2. The Kier molecular flexibility index (Phi) is 15.3. The van der Waals surface area contributed by atoms with Crippen LogP contribution in [0.2, 0.25) is 0 Å². The smallest absolute Gasteiger partial charge is 0.244 e. The van der Waals surface area contributed by atoms with Gasteiger partial charge in [-0.15, -0.1) is 5.10 Å². The number of amides is 2. The fourth-order valence-corrected chi connectivity index (χ4v) is 4.65. The van der Waals surface area contributed by atoms with Crippen molar-refractivity contribution in [2.75, 3.05) is 32.8 Å². The number of unbranched alkanes of at least 4 members (excludes halogenated alkanes) is 8. The molecule has 0 bridgehead atoms. The van der Waals surface area contributed by atoms with E-state index in [2.05, 4.69) is 15.6 Å². The van der Waals surface area contributed by atoms with E-state index in [0.717, 1.165) is 51.6 Å². The highest BCUT2D eigenvalue weighted by Crippen LogP contribution is 2.16. The number of likely N-dealkylation sites (tertiary alicyclic amines) is 1. The molecule has 0 spiro atoms. The molecule has 1 aromatic heterocycles. The van der Waals surface area contributed by atoms with Gasteiger partial charge in [0, 0.05) is 45.3 Å². The molecule has 1 aliphatic rings. The second kappa shape index (κ2) is 18.3. The highest BCUT2D eigenvalue weighted by molar-refractivity contribution is 5.80. The first-order valence-electron chi connectivity index (χ1n) is 13.9. The normalized spacial score (nSPS) is 14.7. The zero-order chi connectivity index (χ0) is 25.1. The Morgan fingerprint density at radius 3 is 2.34 bits per heavy atom. The van der Waals surface area contributed by atoms with Gasteiger partial charge in [-0.25, -0.2) is 4.68 Å². The van der Waals surface area contributed by atoms with Gasteiger partial charge in [0.1, 0.15) is 6.04 Å². The molecule has 1 saturated heterocycles. The third-order valence-electron chi connectivity index (χ3n) is 6.80. The minimum Gasteiger partial charge on any atom is -0.396 e. The van der Waals surface area contributed by atoms with Gasteiger partial charge >= 0.3 is 0 Å². The molecule has 9 nitrogen and oxygen atoms in total. The molecule has 2 rings (SSSR count). The summed E-state index contributed by atoms with van der Waals surface area (Å²) in [6.45, 7) is 3.21. The summed E-state index contributed by atoms with van der Waals surface area (Å²) in [5.41, 5.74) is 6.30. The number of nitrogens with two attached hydrogens (primary N) is 1. The van der Waals surface area contributed by atoms with Gasteiger partial charge in [-0.1, -0.05) is 43.7 Å². The van der Waals surface area contributed by atoms with Gasteiger partial charge in [0.15, 0.2) is 0 Å². The average molecular weight is 493 g/mol. The van der Waals surface area contributed by atoms with E-state index in [-0.39, 0.29) is 18.6 Å². The van der Waals surface area contributed by atoms with Gasteiger partial charge in [-0.05, 0) is 57.9 Å². The number of piperidine rings is 1. The van der Waals surface area contributed by atoms with E-state index in [9.17, 15) is 9.59 Å². The second-order valence-corrected chi connectivity index (χ2v) is 9.77. The Bertz CT molecular complexity index is 705. The number of nitrogens with one attached hydrogen (secondary N) is 1. The summed E-state index contributed by atoms with van der Waals surface area (Å²) in [6, 6.07) is -0.386. The quantitative estimate of drug-likeness (QED) is 0.255. The fraction of sp³-hybridized carbons (Fsp3) is 0.846. The maximum absolute atomic E-state index is 12.8. The van der Waals surface area contributed by atoms with Crippen molar-refractivity contribution in [3.8, 4) is 0 Å². The highest BCUT2D eigenvalue weighted by atomic mass is 16.3. The Hall–Kier alpha value is -2.00. The summed E-state index contributed by atoms with van der Waals surface area (Å²) in [4.78, 5) is 27.0. The third-order valence-corrected chi connectivity index (χ3v) is 6.80. The van der Waals surface area contributed by atoms with Gasteiger partial charge in [0.2, 0.25) is 11.8 Å². The molecule has 1 aliphatic heterocycles. The molecule has 4 N–H and O–H groups in total. The number of nitrogens with zero attached hydrogens (tertiary/aromatic N) is 4. The van der Waals surface area contributed by atoms with E-state index in [0.29, 0.717) is 44.0 Å². The van der Waals surface area contributed by atoms with Crippen molar-refractivity contribution in [2.45, 2.75) is 109 Å². The molecule has 0 aliphatic carbocycles. The van der Waals surface area contributed by atoms with Crippen molar-refractivity contribution in [1.82, 2.24) is 25.2 Å². The van der Waals surface area contributed by atoms with Crippen LogP contribution >= 0.6 is 0 Å². The maximum atomic E-state index is 12.8. The number of carbonyl (C=O) groups excluding carboxylic acids is 2. The first-order chi connectivity index (χ1) is 17.2. The molecule has 9 heteroatoms. The van der Waals surface area contributed by atoms with Gasteiger partial charge in [0.25, 0.3) is 0 Å². The summed E-state index contributed by atoms with van der Waals surface area (Å²) >= 11 is 0. The standard InChI is InChI=1S/C26H48N6O3/c27-17-10-9-14-24(32-22-23(16-21-33)29-30-32)26(35)28-18-11-6-4-2-1-3-5-8-15-25(34)31-19-12-7-13-20-31/h22,24,33H,1-21,27H2,(H,28,35)/t24-/m0/s1. The predicted molar refractivity (Wildman–Crippen MR) is 138 cm³/mol. The Morgan fingerprint density at radius 2 is 1.66 bits per heavy atom. The lowest BCUT2D eigenvalue weighted by Gasteiger charge is -2.26. The molecule has 1 aromatic rings. The zero-order valence-corrected chi connectivity index (χ0v) is 21.6. The van der Waals surface area contributed by atoms with Crippen molar-refractivity contribution in [3.05, 3.63) is 11.9 Å². The van der Waals surface area contributed by atoms with Crippen molar-refractivity contribution in [3.63, 3.8) is 0 Å². The van der Waals surface area contributed by atoms with E-state index in [4.69, 9.17) is 10.8 Å².